The first-order valence-electron chi connectivity index (χ1n) is 9.60. The van der Waals surface area contributed by atoms with Crippen LogP contribution in [0.2, 0.25) is 0 Å². The number of methoxy groups -OCH3 is 1. The van der Waals surface area contributed by atoms with Crippen molar-refractivity contribution in [3.05, 3.63) is 64.1 Å². The highest BCUT2D eigenvalue weighted by atomic mass is 79.9. The van der Waals surface area contributed by atoms with Gasteiger partial charge in [0.1, 0.15) is 5.75 Å². The van der Waals surface area contributed by atoms with E-state index in [2.05, 4.69) is 45.1 Å². The molecule has 0 N–H and O–H groups in total. The molecule has 1 aliphatic heterocycles. The molecule has 1 aliphatic rings. The Morgan fingerprint density at radius 1 is 1.11 bits per heavy atom. The van der Waals surface area contributed by atoms with E-state index < -0.39 is 0 Å². The van der Waals surface area contributed by atoms with Gasteiger partial charge in [0.15, 0.2) is 0 Å². The number of carbonyl (C=O) groups excluding carboxylic acids is 1. The molecule has 0 unspecified atom stereocenters. The lowest BCUT2D eigenvalue weighted by atomic mass is 10.2. The number of likely N-dealkylation sites (N-methyl/N-ethyl adjacent to an activating group) is 1. The minimum atomic E-state index is 0.191. The molecule has 1 heterocycles. The molecule has 3 rings (SSSR count). The van der Waals surface area contributed by atoms with Gasteiger partial charge in [0.25, 0.3) is 0 Å². The molecule has 1 saturated heterocycles. The zero-order valence-corrected chi connectivity index (χ0v) is 18.2. The number of hydrogen-bond acceptors (Lipinski definition) is 4. The van der Waals surface area contributed by atoms with E-state index in [4.69, 9.17) is 4.74 Å². The van der Waals surface area contributed by atoms with Gasteiger partial charge in [-0.05, 0) is 30.8 Å². The third kappa shape index (κ3) is 5.80. The molecule has 2 aromatic carbocycles. The second-order valence-corrected chi connectivity index (χ2v) is 8.19. The predicted molar refractivity (Wildman–Crippen MR) is 115 cm³/mol. The Labute approximate surface area is 176 Å². The van der Waals surface area contributed by atoms with Gasteiger partial charge in [-0.3, -0.25) is 14.6 Å². The summed E-state index contributed by atoms with van der Waals surface area (Å²) in [5.41, 5.74) is 2.39. The molecule has 1 fully saturated rings. The van der Waals surface area contributed by atoms with Crippen molar-refractivity contribution in [2.75, 3.05) is 46.9 Å². The van der Waals surface area contributed by atoms with Crippen LogP contribution in [0.15, 0.2) is 53.0 Å². The summed E-state index contributed by atoms with van der Waals surface area (Å²) < 4.78 is 6.45. The Morgan fingerprint density at radius 3 is 2.50 bits per heavy atom. The summed E-state index contributed by atoms with van der Waals surface area (Å²) in [7, 11) is 3.65. The quantitative estimate of drug-likeness (QED) is 0.655. The average Bonchev–Trinajstić information content (AvgIpc) is 2.69. The van der Waals surface area contributed by atoms with E-state index in [1.165, 1.54) is 5.56 Å². The number of carbonyl (C=O) groups is 1. The van der Waals surface area contributed by atoms with Gasteiger partial charge in [0, 0.05) is 49.3 Å². The van der Waals surface area contributed by atoms with Crippen LogP contribution in [-0.4, -0.2) is 67.5 Å². The molecule has 0 saturated carbocycles. The van der Waals surface area contributed by atoms with Crippen LogP contribution < -0.4 is 4.74 Å². The zero-order chi connectivity index (χ0) is 19.9. The predicted octanol–water partition coefficient (Wildman–Crippen LogP) is 3.23. The van der Waals surface area contributed by atoms with Crippen molar-refractivity contribution in [1.82, 2.24) is 14.7 Å². The molecule has 6 heteroatoms. The van der Waals surface area contributed by atoms with Crippen molar-refractivity contribution in [3.8, 4) is 5.75 Å². The van der Waals surface area contributed by atoms with E-state index in [9.17, 15) is 4.79 Å². The molecule has 0 aliphatic carbocycles. The maximum absolute atomic E-state index is 12.7. The first kappa shape index (κ1) is 20.8. The normalized spacial score (nSPS) is 15.1. The van der Waals surface area contributed by atoms with Crippen molar-refractivity contribution >= 4 is 21.8 Å². The van der Waals surface area contributed by atoms with Gasteiger partial charge < -0.3 is 9.64 Å². The number of nitrogens with zero attached hydrogens (tertiary/aromatic N) is 3. The van der Waals surface area contributed by atoms with Crippen molar-refractivity contribution in [3.63, 3.8) is 0 Å². The van der Waals surface area contributed by atoms with Crippen LogP contribution in [-0.2, 0) is 17.9 Å². The van der Waals surface area contributed by atoms with E-state index >= 15 is 0 Å². The van der Waals surface area contributed by atoms with Gasteiger partial charge in [0.05, 0.1) is 13.7 Å². The summed E-state index contributed by atoms with van der Waals surface area (Å²) in [6.07, 6.45) is 0. The molecular weight excluding hydrogens is 418 g/mol. The van der Waals surface area contributed by atoms with Crippen LogP contribution in [0.3, 0.4) is 0 Å². The van der Waals surface area contributed by atoms with E-state index in [1.54, 1.807) is 7.11 Å². The second kappa shape index (κ2) is 10.0. The van der Waals surface area contributed by atoms with Crippen LogP contribution in [0, 0.1) is 0 Å². The summed E-state index contributed by atoms with van der Waals surface area (Å²) in [6, 6.07) is 16.5. The van der Waals surface area contributed by atoms with E-state index in [0.717, 1.165) is 48.5 Å². The minimum absolute atomic E-state index is 0.191. The van der Waals surface area contributed by atoms with E-state index in [1.807, 2.05) is 41.1 Å². The van der Waals surface area contributed by atoms with Crippen LogP contribution in [0.25, 0.3) is 0 Å². The van der Waals surface area contributed by atoms with Crippen molar-refractivity contribution in [2.24, 2.45) is 0 Å². The lowest BCUT2D eigenvalue weighted by Crippen LogP contribution is -2.50. The summed E-state index contributed by atoms with van der Waals surface area (Å²) in [6.45, 7) is 5.45. The van der Waals surface area contributed by atoms with Gasteiger partial charge in [-0.1, -0.05) is 46.3 Å². The average molecular weight is 446 g/mol. The Balaban J connectivity index is 1.47. The van der Waals surface area contributed by atoms with Crippen LogP contribution in [0.4, 0.5) is 0 Å². The van der Waals surface area contributed by atoms with Gasteiger partial charge in [-0.25, -0.2) is 0 Å². The number of piperazine rings is 1. The number of hydrogen-bond donors (Lipinski definition) is 0. The highest BCUT2D eigenvalue weighted by molar-refractivity contribution is 9.10. The Hall–Kier alpha value is -1.89. The summed E-state index contributed by atoms with van der Waals surface area (Å²) in [5.74, 6) is 1.04. The molecule has 0 atom stereocenters. The summed E-state index contributed by atoms with van der Waals surface area (Å²) >= 11 is 3.50. The van der Waals surface area contributed by atoms with Gasteiger partial charge in [-0.15, -0.1) is 0 Å². The number of halogens is 1. The molecule has 0 radical (unpaired) electrons. The zero-order valence-electron chi connectivity index (χ0n) is 16.6. The fourth-order valence-electron chi connectivity index (χ4n) is 3.55. The maximum Gasteiger partial charge on any atom is 0.236 e. The Kier molecular flexibility index (Phi) is 7.48. The first-order valence-corrected chi connectivity index (χ1v) is 10.4. The topological polar surface area (TPSA) is 36.0 Å². The maximum atomic E-state index is 12.7. The summed E-state index contributed by atoms with van der Waals surface area (Å²) in [4.78, 5) is 19.1. The lowest BCUT2D eigenvalue weighted by molar-refractivity contribution is -0.134. The van der Waals surface area contributed by atoms with Crippen LogP contribution >= 0.6 is 15.9 Å². The number of ether oxygens (including phenoxy) is 1. The Morgan fingerprint density at radius 2 is 1.82 bits per heavy atom. The number of rotatable bonds is 7. The van der Waals surface area contributed by atoms with Gasteiger partial charge in [0.2, 0.25) is 5.91 Å². The Bertz CT molecular complexity index is 777. The number of amides is 1. The smallest absolute Gasteiger partial charge is 0.236 e. The third-order valence-corrected chi connectivity index (χ3v) is 5.56. The van der Waals surface area contributed by atoms with Crippen molar-refractivity contribution in [2.45, 2.75) is 13.1 Å². The monoisotopic (exact) mass is 445 g/mol. The molecule has 0 spiro atoms. The third-order valence-electron chi connectivity index (χ3n) is 5.06. The minimum Gasteiger partial charge on any atom is -0.496 e. The standard InChI is InChI=1S/C22H28BrN3O2/c1-24(16-19-14-20(23)8-9-21(19)28-2)17-22(27)26-12-10-25(11-13-26)15-18-6-4-3-5-7-18/h3-9,14H,10-13,15-17H2,1-2H3. The molecule has 5 nitrogen and oxygen atoms in total. The molecule has 1 amide bonds. The van der Waals surface area contributed by atoms with Crippen LogP contribution in [0.1, 0.15) is 11.1 Å². The van der Waals surface area contributed by atoms with Crippen molar-refractivity contribution < 1.29 is 9.53 Å². The largest absolute Gasteiger partial charge is 0.496 e. The molecular formula is C22H28BrN3O2. The van der Waals surface area contributed by atoms with Gasteiger partial charge >= 0.3 is 0 Å². The summed E-state index contributed by atoms with van der Waals surface area (Å²) in [5, 5.41) is 0. The number of benzene rings is 2. The second-order valence-electron chi connectivity index (χ2n) is 7.27. The SMILES string of the molecule is COc1ccc(Br)cc1CN(C)CC(=O)N1CCN(Cc2ccccc2)CC1. The molecule has 0 aromatic heterocycles. The molecule has 0 bridgehead atoms. The fourth-order valence-corrected chi connectivity index (χ4v) is 3.95. The van der Waals surface area contributed by atoms with Crippen LogP contribution in [0.5, 0.6) is 5.75 Å². The van der Waals surface area contributed by atoms with E-state index in [0.29, 0.717) is 13.1 Å². The highest BCUT2D eigenvalue weighted by Gasteiger charge is 2.22. The van der Waals surface area contributed by atoms with Crippen molar-refractivity contribution in [1.29, 1.82) is 0 Å². The highest BCUT2D eigenvalue weighted by Crippen LogP contribution is 2.24. The first-order chi connectivity index (χ1) is 13.5. The molecule has 2 aromatic rings. The van der Waals surface area contributed by atoms with E-state index in [-0.39, 0.29) is 5.91 Å². The lowest BCUT2D eigenvalue weighted by Gasteiger charge is -2.35. The molecule has 28 heavy (non-hydrogen) atoms. The van der Waals surface area contributed by atoms with Gasteiger partial charge in [-0.2, -0.15) is 0 Å². The molecule has 150 valence electrons. The fraction of sp³-hybridized carbons (Fsp3) is 0.409.